The first-order valence-corrected chi connectivity index (χ1v) is 8.35. The van der Waals surface area contributed by atoms with Crippen molar-refractivity contribution in [3.63, 3.8) is 0 Å². The fourth-order valence-corrected chi connectivity index (χ4v) is 2.86. The van der Waals surface area contributed by atoms with Crippen LogP contribution in [-0.4, -0.2) is 64.8 Å². The SMILES string of the molecule is CC(C)(C)OC(=O)N1CCN(C(=O)c2c(F)cccc2Cl)C(CO)C1. The predicted octanol–water partition coefficient (Wildman–Crippen LogP) is 2.53. The summed E-state index contributed by atoms with van der Waals surface area (Å²) in [4.78, 5) is 27.6. The van der Waals surface area contributed by atoms with Crippen molar-refractivity contribution >= 4 is 23.6 Å². The minimum atomic E-state index is -0.719. The van der Waals surface area contributed by atoms with Crippen molar-refractivity contribution in [2.24, 2.45) is 0 Å². The molecule has 1 fully saturated rings. The van der Waals surface area contributed by atoms with Gasteiger partial charge in [-0.05, 0) is 32.9 Å². The average molecular weight is 373 g/mol. The Morgan fingerprint density at radius 3 is 2.60 bits per heavy atom. The normalized spacial score (nSPS) is 18.2. The molecular formula is C17H22ClFN2O4. The van der Waals surface area contributed by atoms with Crippen molar-refractivity contribution < 1.29 is 23.8 Å². The first-order valence-electron chi connectivity index (χ1n) is 7.98. The summed E-state index contributed by atoms with van der Waals surface area (Å²) in [6.45, 7) is 5.38. The fourth-order valence-electron chi connectivity index (χ4n) is 2.62. The van der Waals surface area contributed by atoms with Gasteiger partial charge in [0.15, 0.2) is 0 Å². The Hall–Kier alpha value is -1.86. The van der Waals surface area contributed by atoms with Gasteiger partial charge in [-0.3, -0.25) is 4.79 Å². The van der Waals surface area contributed by atoms with Gasteiger partial charge in [-0.25, -0.2) is 9.18 Å². The molecule has 0 aromatic heterocycles. The number of hydrogen-bond acceptors (Lipinski definition) is 4. The molecule has 138 valence electrons. The maximum absolute atomic E-state index is 14.0. The zero-order chi connectivity index (χ0) is 18.8. The van der Waals surface area contributed by atoms with Crippen molar-refractivity contribution in [2.75, 3.05) is 26.2 Å². The molecule has 0 saturated carbocycles. The van der Waals surface area contributed by atoms with E-state index in [-0.39, 0.29) is 36.8 Å². The number of hydrogen-bond donors (Lipinski definition) is 1. The van der Waals surface area contributed by atoms with Gasteiger partial charge in [0.1, 0.15) is 11.4 Å². The summed E-state index contributed by atoms with van der Waals surface area (Å²) in [5.74, 6) is -1.32. The van der Waals surface area contributed by atoms with Crippen LogP contribution in [0.25, 0.3) is 0 Å². The number of piperazine rings is 1. The molecule has 6 nitrogen and oxygen atoms in total. The second-order valence-corrected chi connectivity index (χ2v) is 7.27. The Morgan fingerprint density at radius 2 is 2.04 bits per heavy atom. The van der Waals surface area contributed by atoms with E-state index in [0.29, 0.717) is 0 Å². The Bertz CT molecular complexity index is 642. The van der Waals surface area contributed by atoms with Crippen LogP contribution in [0.4, 0.5) is 9.18 Å². The lowest BCUT2D eigenvalue weighted by molar-refractivity contribution is -0.00254. The van der Waals surface area contributed by atoms with E-state index in [4.69, 9.17) is 16.3 Å². The Balaban J connectivity index is 2.15. The highest BCUT2D eigenvalue weighted by Gasteiger charge is 2.35. The minimum absolute atomic E-state index is 0.0104. The molecule has 1 atom stereocenters. The summed E-state index contributed by atoms with van der Waals surface area (Å²) in [5.41, 5.74) is -0.868. The summed E-state index contributed by atoms with van der Waals surface area (Å²) >= 11 is 5.95. The van der Waals surface area contributed by atoms with Gasteiger partial charge >= 0.3 is 6.09 Å². The van der Waals surface area contributed by atoms with Gasteiger partial charge in [-0.1, -0.05) is 17.7 Å². The van der Waals surface area contributed by atoms with Gasteiger partial charge in [0.2, 0.25) is 0 Å². The van der Waals surface area contributed by atoms with Gasteiger partial charge in [0.25, 0.3) is 5.91 Å². The molecule has 1 aliphatic heterocycles. The van der Waals surface area contributed by atoms with Crippen LogP contribution in [-0.2, 0) is 4.74 Å². The van der Waals surface area contributed by atoms with Crippen molar-refractivity contribution in [1.82, 2.24) is 9.80 Å². The Morgan fingerprint density at radius 1 is 1.36 bits per heavy atom. The smallest absolute Gasteiger partial charge is 0.410 e. The second kappa shape index (κ2) is 7.58. The number of benzene rings is 1. The molecule has 1 saturated heterocycles. The zero-order valence-electron chi connectivity index (χ0n) is 14.5. The monoisotopic (exact) mass is 372 g/mol. The molecule has 25 heavy (non-hydrogen) atoms. The lowest BCUT2D eigenvalue weighted by Gasteiger charge is -2.41. The van der Waals surface area contributed by atoms with Crippen LogP contribution >= 0.6 is 11.6 Å². The third-order valence-electron chi connectivity index (χ3n) is 3.78. The molecule has 1 aromatic rings. The molecule has 0 aliphatic carbocycles. The number of carbonyl (C=O) groups excluding carboxylic acids is 2. The van der Waals surface area contributed by atoms with Crippen LogP contribution in [0.3, 0.4) is 0 Å². The maximum Gasteiger partial charge on any atom is 0.410 e. The fraction of sp³-hybridized carbons (Fsp3) is 0.529. The first kappa shape index (κ1) is 19.5. The number of amides is 2. The third kappa shape index (κ3) is 4.61. The van der Waals surface area contributed by atoms with Gasteiger partial charge in [0.05, 0.1) is 23.2 Å². The van der Waals surface area contributed by atoms with Crippen molar-refractivity contribution in [2.45, 2.75) is 32.4 Å². The summed E-state index contributed by atoms with van der Waals surface area (Å²) < 4.78 is 19.3. The predicted molar refractivity (Wildman–Crippen MR) is 91.1 cm³/mol. The topological polar surface area (TPSA) is 70.1 Å². The molecule has 1 heterocycles. The average Bonchev–Trinajstić information content (AvgIpc) is 2.52. The van der Waals surface area contributed by atoms with Gasteiger partial charge in [-0.2, -0.15) is 0 Å². The van der Waals surface area contributed by atoms with E-state index in [1.54, 1.807) is 20.8 Å². The standard InChI is InChI=1S/C17H22ClFN2O4/c1-17(2,3)25-16(24)20-7-8-21(11(9-20)10-22)15(23)14-12(18)5-4-6-13(14)19/h4-6,11,22H,7-10H2,1-3H3. The highest BCUT2D eigenvalue weighted by molar-refractivity contribution is 6.33. The van der Waals surface area contributed by atoms with E-state index in [1.807, 2.05) is 0 Å². The maximum atomic E-state index is 14.0. The number of rotatable bonds is 2. The Labute approximate surface area is 151 Å². The molecule has 0 bridgehead atoms. The largest absolute Gasteiger partial charge is 0.444 e. The summed E-state index contributed by atoms with van der Waals surface area (Å²) in [7, 11) is 0. The number of aliphatic hydroxyl groups excluding tert-OH is 1. The van der Waals surface area contributed by atoms with E-state index in [9.17, 15) is 19.1 Å². The van der Waals surface area contributed by atoms with Crippen molar-refractivity contribution in [3.8, 4) is 0 Å². The van der Waals surface area contributed by atoms with Crippen molar-refractivity contribution in [3.05, 3.63) is 34.6 Å². The first-order chi connectivity index (χ1) is 11.6. The molecule has 1 N–H and O–H groups in total. The lowest BCUT2D eigenvalue weighted by atomic mass is 10.1. The van der Waals surface area contributed by atoms with Crippen LogP contribution < -0.4 is 0 Å². The quantitative estimate of drug-likeness (QED) is 0.866. The van der Waals surface area contributed by atoms with E-state index < -0.39 is 29.5 Å². The van der Waals surface area contributed by atoms with E-state index in [0.717, 1.165) is 6.07 Å². The molecule has 1 aromatic carbocycles. The Kier molecular flexibility index (Phi) is 5.90. The number of carbonyl (C=O) groups is 2. The van der Waals surface area contributed by atoms with Crippen molar-refractivity contribution in [1.29, 1.82) is 0 Å². The lowest BCUT2D eigenvalue weighted by Crippen LogP contribution is -2.58. The molecule has 0 radical (unpaired) electrons. The van der Waals surface area contributed by atoms with Gasteiger partial charge in [0, 0.05) is 19.6 Å². The van der Waals surface area contributed by atoms with Gasteiger partial charge < -0.3 is 19.6 Å². The van der Waals surface area contributed by atoms with Gasteiger partial charge in [-0.15, -0.1) is 0 Å². The molecule has 0 spiro atoms. The molecule has 1 aliphatic rings. The van der Waals surface area contributed by atoms with E-state index in [1.165, 1.54) is 21.9 Å². The summed E-state index contributed by atoms with van der Waals surface area (Å²) in [6.07, 6.45) is -0.512. The van der Waals surface area contributed by atoms with Crippen LogP contribution in [0.1, 0.15) is 31.1 Å². The molecular weight excluding hydrogens is 351 g/mol. The highest BCUT2D eigenvalue weighted by Crippen LogP contribution is 2.23. The molecule has 2 amide bonds. The van der Waals surface area contributed by atoms with Crippen LogP contribution in [0.15, 0.2) is 18.2 Å². The number of halogens is 2. The molecule has 2 rings (SSSR count). The summed E-state index contributed by atoms with van der Waals surface area (Å²) in [5, 5.41) is 9.64. The minimum Gasteiger partial charge on any atom is -0.444 e. The van der Waals surface area contributed by atoms with Crippen LogP contribution in [0.5, 0.6) is 0 Å². The summed E-state index contributed by atoms with van der Waals surface area (Å²) in [6, 6.07) is 3.34. The molecule has 1 unspecified atom stereocenters. The number of nitrogens with zero attached hydrogens (tertiary/aromatic N) is 2. The van der Waals surface area contributed by atoms with E-state index >= 15 is 0 Å². The number of aliphatic hydroxyl groups is 1. The zero-order valence-corrected chi connectivity index (χ0v) is 15.2. The second-order valence-electron chi connectivity index (χ2n) is 6.86. The van der Waals surface area contributed by atoms with Crippen LogP contribution in [0, 0.1) is 5.82 Å². The molecule has 8 heteroatoms. The highest BCUT2D eigenvalue weighted by atomic mass is 35.5. The third-order valence-corrected chi connectivity index (χ3v) is 4.10. The van der Waals surface area contributed by atoms with Crippen LogP contribution in [0.2, 0.25) is 5.02 Å². The van der Waals surface area contributed by atoms with E-state index in [2.05, 4.69) is 0 Å². The number of ether oxygens (including phenoxy) is 1.